The molecule has 0 amide bonds. The van der Waals surface area contributed by atoms with Gasteiger partial charge < -0.3 is 9.15 Å². The predicted molar refractivity (Wildman–Crippen MR) is 192 cm³/mol. The van der Waals surface area contributed by atoms with Crippen LogP contribution in [0.2, 0.25) is 0 Å². The molecule has 0 N–H and O–H groups in total. The fourth-order valence-corrected chi connectivity index (χ4v) is 9.08. The normalized spacial score (nSPS) is 16.8. The van der Waals surface area contributed by atoms with Crippen LogP contribution in [0.1, 0.15) is 22.5 Å². The molecular weight excluding hydrogens is 609 g/mol. The summed E-state index contributed by atoms with van der Waals surface area (Å²) >= 11 is 1.78. The summed E-state index contributed by atoms with van der Waals surface area (Å²) in [5.74, 6) is 3.40. The van der Waals surface area contributed by atoms with E-state index < -0.39 is 5.41 Å². The van der Waals surface area contributed by atoms with Crippen molar-refractivity contribution >= 4 is 38.5 Å². The monoisotopic (exact) mass is 632 g/mol. The Morgan fingerprint density at radius 3 is 2.27 bits per heavy atom. The molecule has 0 bridgehead atoms. The molecule has 2 aliphatic carbocycles. The fraction of sp³-hybridized carbons (Fsp3) is 0.0233. The zero-order valence-electron chi connectivity index (χ0n) is 25.5. The average molecular weight is 633 g/mol. The summed E-state index contributed by atoms with van der Waals surface area (Å²) in [7, 11) is 0. The number of benzene rings is 6. The SMILES string of the molecule is c1ccc(-c2nc(-c3ccc4c(c3)-c3ccccc3C43C4=C(Sc5ccccc5O4)c4c3oc3ccccc43)nc3ccccc23)cc1. The Bertz CT molecular complexity index is 2690. The van der Waals surface area contributed by atoms with Gasteiger partial charge in [0.15, 0.2) is 5.82 Å². The number of hydrogen-bond donors (Lipinski definition) is 0. The molecule has 4 nitrogen and oxygen atoms in total. The molecule has 48 heavy (non-hydrogen) atoms. The number of aromatic nitrogens is 2. The number of thioether (sulfide) groups is 1. The Morgan fingerprint density at radius 1 is 0.583 bits per heavy atom. The van der Waals surface area contributed by atoms with E-state index in [-0.39, 0.29) is 0 Å². The summed E-state index contributed by atoms with van der Waals surface area (Å²) in [6.45, 7) is 0. The van der Waals surface area contributed by atoms with E-state index in [9.17, 15) is 0 Å². The minimum atomic E-state index is -0.742. The van der Waals surface area contributed by atoms with Crippen LogP contribution >= 0.6 is 11.8 Å². The molecule has 3 aliphatic rings. The standard InChI is InChI=1S/C43H24N2O2S/c1-2-12-25(13-3-1)38-28-15-5-8-18-33(28)44-42(45-38)26-22-23-32-30(24-26)27-14-4-7-17-31(27)43(32)40-37(29-16-6-9-19-34(29)46-40)39-41(43)47-35-20-10-11-21-36(35)48-39/h1-24H. The van der Waals surface area contributed by atoms with Crippen molar-refractivity contribution in [1.82, 2.24) is 9.97 Å². The van der Waals surface area contributed by atoms with Gasteiger partial charge in [-0.2, -0.15) is 0 Å². The van der Waals surface area contributed by atoms with Crippen molar-refractivity contribution < 1.29 is 9.15 Å². The lowest BCUT2D eigenvalue weighted by Crippen LogP contribution is -2.30. The molecule has 3 heterocycles. The maximum Gasteiger partial charge on any atom is 0.160 e. The minimum absolute atomic E-state index is 0.697. The van der Waals surface area contributed by atoms with Crippen LogP contribution in [0.5, 0.6) is 5.75 Å². The molecule has 1 unspecified atom stereocenters. The van der Waals surface area contributed by atoms with Crippen LogP contribution in [0.3, 0.4) is 0 Å². The number of hydrogen-bond acceptors (Lipinski definition) is 5. The van der Waals surface area contributed by atoms with E-state index >= 15 is 0 Å². The zero-order valence-corrected chi connectivity index (χ0v) is 26.3. The first-order chi connectivity index (χ1) is 23.8. The third-order valence-corrected chi connectivity index (χ3v) is 11.1. The molecule has 1 atom stereocenters. The number of fused-ring (bicyclic) bond motifs is 13. The smallest absolute Gasteiger partial charge is 0.160 e. The van der Waals surface area contributed by atoms with Crippen LogP contribution < -0.4 is 4.74 Å². The lowest BCUT2D eigenvalue weighted by molar-refractivity contribution is 0.343. The maximum absolute atomic E-state index is 7.00. The van der Waals surface area contributed by atoms with E-state index in [0.717, 1.165) is 93.6 Å². The number of rotatable bonds is 2. The lowest BCUT2D eigenvalue weighted by Gasteiger charge is -2.31. The van der Waals surface area contributed by atoms with Gasteiger partial charge in [0, 0.05) is 27.5 Å². The average Bonchev–Trinajstić information content (AvgIpc) is 3.77. The van der Waals surface area contributed by atoms with Gasteiger partial charge in [-0.25, -0.2) is 9.97 Å². The third kappa shape index (κ3) is 3.36. The molecule has 11 rings (SSSR count). The second-order valence-electron chi connectivity index (χ2n) is 12.4. The van der Waals surface area contributed by atoms with Gasteiger partial charge in [-0.1, -0.05) is 127 Å². The minimum Gasteiger partial charge on any atom is -0.459 e. The van der Waals surface area contributed by atoms with Gasteiger partial charge in [0.2, 0.25) is 0 Å². The highest BCUT2D eigenvalue weighted by molar-refractivity contribution is 8.08. The van der Waals surface area contributed by atoms with Crippen LogP contribution in [0.4, 0.5) is 0 Å². The molecule has 2 aromatic heterocycles. The molecule has 0 radical (unpaired) electrons. The topological polar surface area (TPSA) is 48.2 Å². The largest absolute Gasteiger partial charge is 0.459 e. The summed E-state index contributed by atoms with van der Waals surface area (Å²) in [4.78, 5) is 12.5. The Balaban J connectivity index is 1.18. The molecule has 0 saturated heterocycles. The molecule has 8 aromatic rings. The highest BCUT2D eigenvalue weighted by atomic mass is 32.2. The number of ether oxygens (including phenoxy) is 1. The van der Waals surface area contributed by atoms with Crippen LogP contribution in [0.15, 0.2) is 161 Å². The summed E-state index contributed by atoms with van der Waals surface area (Å²) in [6.07, 6.45) is 0. The highest BCUT2D eigenvalue weighted by Crippen LogP contribution is 2.67. The lowest BCUT2D eigenvalue weighted by atomic mass is 9.76. The Hall–Kier alpha value is -5.91. The van der Waals surface area contributed by atoms with Gasteiger partial charge in [0.25, 0.3) is 0 Å². The zero-order chi connectivity index (χ0) is 31.4. The van der Waals surface area contributed by atoms with Crippen molar-refractivity contribution in [3.63, 3.8) is 0 Å². The van der Waals surface area contributed by atoms with Crippen molar-refractivity contribution in [3.05, 3.63) is 174 Å². The first kappa shape index (κ1) is 26.2. The van der Waals surface area contributed by atoms with Gasteiger partial charge in [-0.05, 0) is 52.6 Å². The molecule has 1 aliphatic heterocycles. The second-order valence-corrected chi connectivity index (χ2v) is 13.5. The molecule has 5 heteroatoms. The fourth-order valence-electron chi connectivity index (χ4n) is 7.92. The van der Waals surface area contributed by atoms with E-state index in [4.69, 9.17) is 19.1 Å². The number of nitrogens with zero attached hydrogens (tertiary/aromatic N) is 2. The maximum atomic E-state index is 7.00. The number of furan rings is 1. The predicted octanol–water partition coefficient (Wildman–Crippen LogP) is 10.9. The molecular formula is C43H24N2O2S. The molecule has 0 fully saturated rings. The summed E-state index contributed by atoms with van der Waals surface area (Å²) in [5.41, 5.74) is 9.73. The molecule has 1 spiro atoms. The molecule has 224 valence electrons. The first-order valence-corrected chi connectivity index (χ1v) is 16.9. The Labute approximate surface area is 280 Å². The van der Waals surface area contributed by atoms with Crippen molar-refractivity contribution in [2.75, 3.05) is 0 Å². The third-order valence-electron chi connectivity index (χ3n) is 9.94. The van der Waals surface area contributed by atoms with Gasteiger partial charge in [0.05, 0.1) is 21.0 Å². The Morgan fingerprint density at radius 2 is 1.33 bits per heavy atom. The highest BCUT2D eigenvalue weighted by Gasteiger charge is 2.59. The summed E-state index contributed by atoms with van der Waals surface area (Å²) in [6, 6.07) is 50.6. The van der Waals surface area contributed by atoms with Crippen molar-refractivity contribution in [1.29, 1.82) is 0 Å². The van der Waals surface area contributed by atoms with Crippen LogP contribution in [0.25, 0.3) is 60.5 Å². The quantitative estimate of drug-likeness (QED) is 0.190. The van der Waals surface area contributed by atoms with Crippen LogP contribution in [-0.4, -0.2) is 9.97 Å². The van der Waals surface area contributed by atoms with Crippen LogP contribution in [0, 0.1) is 0 Å². The number of allylic oxidation sites excluding steroid dienone is 1. The Kier molecular flexibility index (Phi) is 5.22. The van der Waals surface area contributed by atoms with E-state index in [1.165, 1.54) is 0 Å². The first-order valence-electron chi connectivity index (χ1n) is 16.1. The van der Waals surface area contributed by atoms with Gasteiger partial charge in [-0.3, -0.25) is 0 Å². The van der Waals surface area contributed by atoms with E-state index in [0.29, 0.717) is 5.82 Å². The van der Waals surface area contributed by atoms with E-state index in [1.807, 2.05) is 30.3 Å². The summed E-state index contributed by atoms with van der Waals surface area (Å²) in [5, 5.41) is 2.14. The van der Waals surface area contributed by atoms with Gasteiger partial charge in [0.1, 0.15) is 28.3 Å². The van der Waals surface area contributed by atoms with Crippen molar-refractivity contribution in [2.24, 2.45) is 0 Å². The van der Waals surface area contributed by atoms with Crippen molar-refractivity contribution in [2.45, 2.75) is 10.3 Å². The van der Waals surface area contributed by atoms with E-state index in [1.54, 1.807) is 11.8 Å². The van der Waals surface area contributed by atoms with Gasteiger partial charge in [-0.15, -0.1) is 0 Å². The van der Waals surface area contributed by atoms with Crippen molar-refractivity contribution in [3.8, 4) is 39.5 Å². The van der Waals surface area contributed by atoms with Gasteiger partial charge >= 0.3 is 0 Å². The van der Waals surface area contributed by atoms with Crippen LogP contribution in [-0.2, 0) is 5.41 Å². The van der Waals surface area contributed by atoms with E-state index in [2.05, 4.69) is 115 Å². The molecule has 6 aromatic carbocycles. The summed E-state index contributed by atoms with van der Waals surface area (Å²) < 4.78 is 13.9. The second kappa shape index (κ2) is 9.57. The molecule has 0 saturated carbocycles. The number of para-hydroxylation sites is 3.